The van der Waals surface area contributed by atoms with E-state index in [1.807, 2.05) is 0 Å². The molecule has 2 amide bonds. The number of rotatable bonds is 5. The van der Waals surface area contributed by atoms with Crippen LogP contribution in [0.5, 0.6) is 0 Å². The molecule has 1 aromatic rings. The first kappa shape index (κ1) is 21.4. The number of carboxylic acid groups (broad SMARTS) is 1. The van der Waals surface area contributed by atoms with Crippen LogP contribution in [0.1, 0.15) is 50.4 Å². The number of nitrogens with one attached hydrogen (secondary N) is 1. The highest BCUT2D eigenvalue weighted by Gasteiger charge is 2.29. The number of carbonyl (C=O) groups is 4. The van der Waals surface area contributed by atoms with Crippen molar-refractivity contribution >= 4 is 29.4 Å². The summed E-state index contributed by atoms with van der Waals surface area (Å²) in [5, 5.41) is 11.5. The van der Waals surface area contributed by atoms with Gasteiger partial charge in [0.1, 0.15) is 5.60 Å². The SMILES string of the molecule is CC(C)(C)OC(=O)N1CCCC(CC(=O)Nc2ccccc2C(=O)C(=O)O)C1. The fourth-order valence-corrected chi connectivity index (χ4v) is 3.09. The molecule has 1 unspecified atom stereocenters. The number of ketones is 1. The quantitative estimate of drug-likeness (QED) is 0.590. The predicted octanol–water partition coefficient (Wildman–Crippen LogP) is 2.93. The van der Waals surface area contributed by atoms with Crippen molar-refractivity contribution in [2.45, 2.75) is 45.6 Å². The van der Waals surface area contributed by atoms with Crippen molar-refractivity contribution in [3.8, 4) is 0 Å². The summed E-state index contributed by atoms with van der Waals surface area (Å²) in [7, 11) is 0. The Labute approximate surface area is 163 Å². The van der Waals surface area contributed by atoms with E-state index in [0.29, 0.717) is 13.1 Å². The van der Waals surface area contributed by atoms with E-state index in [-0.39, 0.29) is 29.5 Å². The van der Waals surface area contributed by atoms with Crippen molar-refractivity contribution in [1.82, 2.24) is 4.90 Å². The number of likely N-dealkylation sites (tertiary alicyclic amines) is 1. The number of anilines is 1. The second-order valence-electron chi connectivity index (χ2n) is 7.87. The molecular weight excluding hydrogens is 364 g/mol. The fourth-order valence-electron chi connectivity index (χ4n) is 3.09. The average Bonchev–Trinajstić information content (AvgIpc) is 2.60. The van der Waals surface area contributed by atoms with Gasteiger partial charge >= 0.3 is 12.1 Å². The second kappa shape index (κ2) is 8.86. The van der Waals surface area contributed by atoms with Crippen LogP contribution in [0.2, 0.25) is 0 Å². The Morgan fingerprint density at radius 2 is 1.89 bits per heavy atom. The molecule has 1 saturated heterocycles. The van der Waals surface area contributed by atoms with Gasteiger partial charge in [-0.25, -0.2) is 9.59 Å². The number of ether oxygens (including phenoxy) is 1. The first-order chi connectivity index (χ1) is 13.1. The van der Waals surface area contributed by atoms with Crippen molar-refractivity contribution in [3.05, 3.63) is 29.8 Å². The molecule has 0 aromatic heterocycles. The highest BCUT2D eigenvalue weighted by Crippen LogP contribution is 2.23. The highest BCUT2D eigenvalue weighted by molar-refractivity contribution is 6.41. The Bertz CT molecular complexity index is 768. The van der Waals surface area contributed by atoms with Crippen LogP contribution >= 0.6 is 0 Å². The fraction of sp³-hybridized carbons (Fsp3) is 0.500. The van der Waals surface area contributed by atoms with Gasteiger partial charge in [0, 0.05) is 19.5 Å². The van der Waals surface area contributed by atoms with Crippen LogP contribution in [0.3, 0.4) is 0 Å². The third-order valence-electron chi connectivity index (χ3n) is 4.28. The van der Waals surface area contributed by atoms with Gasteiger partial charge in [0.2, 0.25) is 5.91 Å². The van der Waals surface area contributed by atoms with Gasteiger partial charge in [0.15, 0.2) is 0 Å². The van der Waals surface area contributed by atoms with Gasteiger partial charge in [-0.05, 0) is 51.7 Å². The van der Waals surface area contributed by atoms with E-state index < -0.39 is 23.4 Å². The molecule has 1 aliphatic rings. The molecule has 2 N–H and O–H groups in total. The van der Waals surface area contributed by atoms with Gasteiger partial charge in [-0.3, -0.25) is 9.59 Å². The molecular formula is C20H26N2O6. The van der Waals surface area contributed by atoms with Crippen molar-refractivity contribution in [2.75, 3.05) is 18.4 Å². The predicted molar refractivity (Wildman–Crippen MR) is 102 cm³/mol. The molecule has 8 heteroatoms. The lowest BCUT2D eigenvalue weighted by Crippen LogP contribution is -2.43. The number of piperidine rings is 1. The lowest BCUT2D eigenvalue weighted by Gasteiger charge is -2.34. The van der Waals surface area contributed by atoms with Gasteiger partial charge in [-0.1, -0.05) is 12.1 Å². The summed E-state index contributed by atoms with van der Waals surface area (Å²) in [6.07, 6.45) is 1.33. The summed E-state index contributed by atoms with van der Waals surface area (Å²) in [6, 6.07) is 5.99. The van der Waals surface area contributed by atoms with Crippen LogP contribution in [0.25, 0.3) is 0 Å². The molecule has 8 nitrogen and oxygen atoms in total. The standard InChI is InChI=1S/C20H26N2O6/c1-20(2,3)28-19(27)22-10-6-7-13(12-22)11-16(23)21-15-9-5-4-8-14(15)17(24)18(25)26/h4-5,8-9,13H,6-7,10-12H2,1-3H3,(H,21,23)(H,25,26). The average molecular weight is 390 g/mol. The number of carbonyl (C=O) groups excluding carboxylic acids is 3. The normalized spacial score (nSPS) is 17.0. The van der Waals surface area contributed by atoms with Gasteiger partial charge in [0.05, 0.1) is 11.3 Å². The number of Topliss-reactive ketones (excluding diaryl/α,β-unsaturated/α-hetero) is 1. The molecule has 0 bridgehead atoms. The largest absolute Gasteiger partial charge is 0.475 e. The smallest absolute Gasteiger partial charge is 0.410 e. The molecule has 0 saturated carbocycles. The number of benzene rings is 1. The van der Waals surface area contributed by atoms with E-state index in [2.05, 4.69) is 5.32 Å². The zero-order valence-corrected chi connectivity index (χ0v) is 16.4. The maximum absolute atomic E-state index is 12.4. The monoisotopic (exact) mass is 390 g/mol. The molecule has 152 valence electrons. The van der Waals surface area contributed by atoms with Gasteiger partial charge in [0.25, 0.3) is 5.78 Å². The van der Waals surface area contributed by atoms with E-state index in [0.717, 1.165) is 12.8 Å². The maximum Gasteiger partial charge on any atom is 0.410 e. The zero-order valence-electron chi connectivity index (χ0n) is 16.4. The lowest BCUT2D eigenvalue weighted by atomic mass is 9.94. The highest BCUT2D eigenvalue weighted by atomic mass is 16.6. The van der Waals surface area contributed by atoms with Crippen LogP contribution in [0.15, 0.2) is 24.3 Å². The van der Waals surface area contributed by atoms with Gasteiger partial charge in [-0.2, -0.15) is 0 Å². The van der Waals surface area contributed by atoms with Crippen LogP contribution in [0, 0.1) is 5.92 Å². The summed E-state index contributed by atoms with van der Waals surface area (Å²) in [6.45, 7) is 6.40. The third-order valence-corrected chi connectivity index (χ3v) is 4.28. The molecule has 0 radical (unpaired) electrons. The minimum Gasteiger partial charge on any atom is -0.475 e. The van der Waals surface area contributed by atoms with Gasteiger partial charge < -0.3 is 20.1 Å². The number of hydrogen-bond acceptors (Lipinski definition) is 5. The molecule has 1 aliphatic heterocycles. The van der Waals surface area contributed by atoms with Crippen molar-refractivity contribution < 1.29 is 29.0 Å². The molecule has 1 aromatic carbocycles. The minimum atomic E-state index is -1.58. The summed E-state index contributed by atoms with van der Waals surface area (Å²) < 4.78 is 5.38. The number of aliphatic carboxylic acids is 1. The molecule has 28 heavy (non-hydrogen) atoms. The third kappa shape index (κ3) is 6.07. The van der Waals surface area contributed by atoms with Crippen molar-refractivity contribution in [2.24, 2.45) is 5.92 Å². The topological polar surface area (TPSA) is 113 Å². The van der Waals surface area contributed by atoms with E-state index in [9.17, 15) is 19.2 Å². The molecule has 2 rings (SSSR count). The molecule has 0 spiro atoms. The van der Waals surface area contributed by atoms with Crippen LogP contribution in [-0.4, -0.2) is 52.4 Å². The van der Waals surface area contributed by atoms with Crippen LogP contribution in [0.4, 0.5) is 10.5 Å². The number of amides is 2. The van der Waals surface area contributed by atoms with Crippen molar-refractivity contribution in [1.29, 1.82) is 0 Å². The van der Waals surface area contributed by atoms with E-state index in [1.54, 1.807) is 31.7 Å². The summed E-state index contributed by atoms with van der Waals surface area (Å²) in [5.74, 6) is -3.03. The zero-order chi connectivity index (χ0) is 20.9. The Kier molecular flexibility index (Phi) is 6.77. The lowest BCUT2D eigenvalue weighted by molar-refractivity contribution is -0.131. The molecule has 1 heterocycles. The number of carboxylic acids is 1. The Morgan fingerprint density at radius 3 is 2.54 bits per heavy atom. The molecule has 1 fully saturated rings. The van der Waals surface area contributed by atoms with Crippen LogP contribution in [-0.2, 0) is 14.3 Å². The second-order valence-corrected chi connectivity index (χ2v) is 7.87. The van der Waals surface area contributed by atoms with E-state index in [4.69, 9.17) is 9.84 Å². The van der Waals surface area contributed by atoms with Crippen molar-refractivity contribution in [3.63, 3.8) is 0 Å². The molecule has 0 aliphatic carbocycles. The Hall–Kier alpha value is -2.90. The first-order valence-corrected chi connectivity index (χ1v) is 9.21. The van der Waals surface area contributed by atoms with E-state index in [1.165, 1.54) is 18.2 Å². The number of nitrogens with zero attached hydrogens (tertiary/aromatic N) is 1. The Morgan fingerprint density at radius 1 is 1.21 bits per heavy atom. The summed E-state index contributed by atoms with van der Waals surface area (Å²) >= 11 is 0. The summed E-state index contributed by atoms with van der Waals surface area (Å²) in [4.78, 5) is 49.0. The summed E-state index contributed by atoms with van der Waals surface area (Å²) in [5.41, 5.74) is -0.482. The maximum atomic E-state index is 12.4. The Balaban J connectivity index is 1.97. The number of para-hydroxylation sites is 1. The minimum absolute atomic E-state index is 0.0383. The number of hydrogen-bond donors (Lipinski definition) is 2. The van der Waals surface area contributed by atoms with Crippen LogP contribution < -0.4 is 5.32 Å². The first-order valence-electron chi connectivity index (χ1n) is 9.21. The van der Waals surface area contributed by atoms with Gasteiger partial charge in [-0.15, -0.1) is 0 Å². The van der Waals surface area contributed by atoms with E-state index >= 15 is 0 Å². The molecule has 1 atom stereocenters.